The van der Waals surface area contributed by atoms with E-state index in [0.717, 1.165) is 4.90 Å². The number of hydrogen-bond acceptors (Lipinski definition) is 5. The number of carbonyl (C=O) groups excluding carboxylic acids is 1. The van der Waals surface area contributed by atoms with Crippen LogP contribution in [0.4, 0.5) is 4.79 Å². The smallest absolute Gasteiger partial charge is 0.444 e. The molecule has 1 rings (SSSR count). The number of carbonyl (C=O) groups is 2. The molecular weight excluding hydrogens is 180 g/mol. The molecule has 74 valence electrons. The van der Waals surface area contributed by atoms with Crippen LogP contribution < -0.4 is 5.90 Å². The van der Waals surface area contributed by atoms with E-state index in [1.54, 1.807) is 0 Å². The van der Waals surface area contributed by atoms with E-state index >= 15 is 0 Å². The van der Waals surface area contributed by atoms with Crippen molar-refractivity contribution >= 4 is 12.1 Å². The van der Waals surface area contributed by atoms with Crippen molar-refractivity contribution < 1.29 is 24.6 Å². The van der Waals surface area contributed by atoms with Crippen LogP contribution in [0.3, 0.4) is 0 Å². The topological polar surface area (TPSA) is 102 Å². The number of amides is 1. The Kier molecular flexibility index (Phi) is 3.04. The van der Waals surface area contributed by atoms with E-state index in [4.69, 9.17) is 5.11 Å². The van der Waals surface area contributed by atoms with Crippen molar-refractivity contribution in [2.45, 2.75) is 18.9 Å². The molecule has 1 amide bonds. The lowest BCUT2D eigenvalue weighted by molar-refractivity contribution is -0.251. The summed E-state index contributed by atoms with van der Waals surface area (Å²) < 4.78 is 0. The summed E-state index contributed by atoms with van der Waals surface area (Å²) in [4.78, 5) is 30.3. The minimum Gasteiger partial charge on any atom is -0.480 e. The summed E-state index contributed by atoms with van der Waals surface area (Å²) >= 11 is 0. The maximum Gasteiger partial charge on any atom is 0.444 e. The number of hydrogen-bond donors (Lipinski definition) is 2. The maximum atomic E-state index is 11.0. The Morgan fingerprint density at radius 2 is 2.23 bits per heavy atom. The van der Waals surface area contributed by atoms with E-state index in [-0.39, 0.29) is 0 Å². The second kappa shape index (κ2) is 4.06. The molecule has 1 unspecified atom stereocenters. The van der Waals surface area contributed by atoms with Gasteiger partial charge >= 0.3 is 12.1 Å². The van der Waals surface area contributed by atoms with Crippen molar-refractivity contribution in [1.29, 1.82) is 0 Å². The SMILES string of the molecule is NOOC(=O)N1CCCC1C(=O)O. The average Bonchev–Trinajstić information content (AvgIpc) is 2.52. The van der Waals surface area contributed by atoms with Crippen molar-refractivity contribution in [2.24, 2.45) is 5.90 Å². The Bertz CT molecular complexity index is 219. The molecular formula is C6H10N2O5. The summed E-state index contributed by atoms with van der Waals surface area (Å²) in [6, 6.07) is -0.831. The monoisotopic (exact) mass is 190 g/mol. The Labute approximate surface area is 73.9 Å². The fourth-order valence-corrected chi connectivity index (χ4v) is 1.33. The van der Waals surface area contributed by atoms with Crippen molar-refractivity contribution in [1.82, 2.24) is 4.90 Å². The summed E-state index contributed by atoms with van der Waals surface area (Å²) in [6.07, 6.45) is 0.193. The van der Waals surface area contributed by atoms with Crippen LogP contribution in [0.25, 0.3) is 0 Å². The Balaban J connectivity index is 2.57. The molecule has 1 atom stereocenters. The average molecular weight is 190 g/mol. The van der Waals surface area contributed by atoms with Gasteiger partial charge in [-0.2, -0.15) is 5.90 Å². The van der Waals surface area contributed by atoms with Crippen LogP contribution >= 0.6 is 0 Å². The molecule has 0 aromatic carbocycles. The summed E-state index contributed by atoms with van der Waals surface area (Å²) in [6.45, 7) is 0.346. The molecule has 0 saturated carbocycles. The molecule has 0 aromatic heterocycles. The van der Waals surface area contributed by atoms with Crippen LogP contribution in [0, 0.1) is 0 Å². The first kappa shape index (κ1) is 9.75. The summed E-state index contributed by atoms with van der Waals surface area (Å²) in [5, 5.41) is 8.68. The zero-order chi connectivity index (χ0) is 9.84. The van der Waals surface area contributed by atoms with Crippen LogP contribution in [0.2, 0.25) is 0 Å². The molecule has 1 heterocycles. The highest BCUT2D eigenvalue weighted by Gasteiger charge is 2.35. The molecule has 7 heteroatoms. The third kappa shape index (κ3) is 2.07. The molecule has 0 aromatic rings. The van der Waals surface area contributed by atoms with Crippen molar-refractivity contribution in [3.63, 3.8) is 0 Å². The lowest BCUT2D eigenvalue weighted by atomic mass is 10.2. The van der Waals surface area contributed by atoms with Crippen LogP contribution in [0.1, 0.15) is 12.8 Å². The molecule has 1 aliphatic rings. The molecule has 0 spiro atoms. The third-order valence-electron chi connectivity index (χ3n) is 1.89. The van der Waals surface area contributed by atoms with Crippen LogP contribution in [0.15, 0.2) is 0 Å². The zero-order valence-electron chi connectivity index (χ0n) is 6.80. The molecule has 3 N–H and O–H groups in total. The minimum absolute atomic E-state index is 0.346. The van der Waals surface area contributed by atoms with Crippen molar-refractivity contribution in [3.8, 4) is 0 Å². The number of likely N-dealkylation sites (tertiary alicyclic amines) is 1. The van der Waals surface area contributed by atoms with Crippen molar-refractivity contribution in [2.75, 3.05) is 6.54 Å². The fraction of sp³-hybridized carbons (Fsp3) is 0.667. The molecule has 0 bridgehead atoms. The lowest BCUT2D eigenvalue weighted by Crippen LogP contribution is -2.41. The van der Waals surface area contributed by atoms with Gasteiger partial charge in [0.25, 0.3) is 0 Å². The maximum absolute atomic E-state index is 11.0. The Morgan fingerprint density at radius 3 is 2.77 bits per heavy atom. The van der Waals surface area contributed by atoms with Gasteiger partial charge in [-0.05, 0) is 12.8 Å². The predicted octanol–water partition coefficient (Wildman–Crippen LogP) is -0.523. The molecule has 0 radical (unpaired) electrons. The number of rotatable bonds is 2. The number of aliphatic carboxylic acids is 1. The lowest BCUT2D eigenvalue weighted by Gasteiger charge is -2.18. The highest BCUT2D eigenvalue weighted by molar-refractivity contribution is 5.80. The van der Waals surface area contributed by atoms with Crippen LogP contribution in [-0.4, -0.2) is 34.7 Å². The zero-order valence-corrected chi connectivity index (χ0v) is 6.80. The fourth-order valence-electron chi connectivity index (χ4n) is 1.33. The van der Waals surface area contributed by atoms with E-state index in [1.807, 2.05) is 0 Å². The predicted molar refractivity (Wildman–Crippen MR) is 39.1 cm³/mol. The summed E-state index contributed by atoms with van der Waals surface area (Å²) in [7, 11) is 0. The van der Waals surface area contributed by atoms with Gasteiger partial charge in [-0.1, -0.05) is 4.99 Å². The van der Waals surface area contributed by atoms with Crippen molar-refractivity contribution in [3.05, 3.63) is 0 Å². The molecule has 1 aliphatic heterocycles. The van der Waals surface area contributed by atoms with Crippen LogP contribution in [-0.2, 0) is 14.7 Å². The second-order valence-electron chi connectivity index (χ2n) is 2.64. The highest BCUT2D eigenvalue weighted by Crippen LogP contribution is 2.18. The standard InChI is InChI=1S/C6H10N2O5/c7-13-12-6(11)8-3-1-2-4(8)5(9)10/h4H,1-3,7H2,(H,9,10). The van der Waals surface area contributed by atoms with Crippen LogP contribution in [0.5, 0.6) is 0 Å². The highest BCUT2D eigenvalue weighted by atomic mass is 17.3. The van der Waals surface area contributed by atoms with Gasteiger partial charge in [-0.3, -0.25) is 9.79 Å². The van der Waals surface area contributed by atoms with Gasteiger partial charge in [0, 0.05) is 6.54 Å². The van der Waals surface area contributed by atoms with E-state index in [1.165, 1.54) is 0 Å². The minimum atomic E-state index is -1.05. The largest absolute Gasteiger partial charge is 0.480 e. The quantitative estimate of drug-likeness (QED) is 0.448. The number of nitrogens with zero attached hydrogens (tertiary/aromatic N) is 1. The number of carboxylic acid groups (broad SMARTS) is 1. The molecule has 1 fully saturated rings. The molecule has 7 nitrogen and oxygen atoms in total. The normalized spacial score (nSPS) is 21.6. The molecule has 0 aliphatic carbocycles. The van der Waals surface area contributed by atoms with Gasteiger partial charge in [0.05, 0.1) is 0 Å². The van der Waals surface area contributed by atoms with Gasteiger partial charge < -0.3 is 5.11 Å². The summed E-state index contributed by atoms with van der Waals surface area (Å²) in [5.74, 6) is 3.45. The second-order valence-corrected chi connectivity index (χ2v) is 2.64. The third-order valence-corrected chi connectivity index (χ3v) is 1.89. The van der Waals surface area contributed by atoms with Gasteiger partial charge in [-0.25, -0.2) is 9.59 Å². The van der Waals surface area contributed by atoms with Gasteiger partial charge in [0.15, 0.2) is 0 Å². The van der Waals surface area contributed by atoms with E-state index in [9.17, 15) is 9.59 Å². The first-order valence-corrected chi connectivity index (χ1v) is 3.73. The Hall–Kier alpha value is -1.34. The first-order chi connectivity index (χ1) is 6.16. The van der Waals surface area contributed by atoms with E-state index in [0.29, 0.717) is 19.4 Å². The summed E-state index contributed by atoms with van der Waals surface area (Å²) in [5.41, 5.74) is 0. The molecule has 13 heavy (non-hydrogen) atoms. The number of carboxylic acids is 1. The van der Waals surface area contributed by atoms with Gasteiger partial charge in [-0.15, -0.1) is 0 Å². The molecule has 1 saturated heterocycles. The van der Waals surface area contributed by atoms with E-state index < -0.39 is 18.1 Å². The number of nitrogens with two attached hydrogens (primary N) is 1. The first-order valence-electron chi connectivity index (χ1n) is 3.73. The van der Waals surface area contributed by atoms with Gasteiger partial charge in [0.1, 0.15) is 6.04 Å². The van der Waals surface area contributed by atoms with E-state index in [2.05, 4.69) is 15.8 Å². The van der Waals surface area contributed by atoms with Gasteiger partial charge in [0.2, 0.25) is 0 Å². The Morgan fingerprint density at radius 1 is 1.54 bits per heavy atom.